The minimum atomic E-state index is 0.876. The standard InChI is InChI=1S/C43H44N8/c1-5-8-14-32-19-21-38-40(26-32)50(36-17-11-24-46-30-36)42(48(38)34(13-7-3)28-44-4)43-49(35-16-10-23-45-29-35)39-22-20-33(15-9-6-2)27-41(39)51(43)37-18-12-25-47-31-37/h7,10-13,16-31H,4-6,8-9,14-15H2,1-3H3/b13-7-,34-28+,43-42+. The van der Waals surface area contributed by atoms with Crippen molar-refractivity contribution in [2.45, 2.75) is 59.3 Å². The Labute approximate surface area is 301 Å². The maximum Gasteiger partial charge on any atom is 0.166 e. The molecule has 0 radical (unpaired) electrons. The van der Waals surface area contributed by atoms with E-state index in [4.69, 9.17) is 0 Å². The van der Waals surface area contributed by atoms with Gasteiger partial charge >= 0.3 is 0 Å². The summed E-state index contributed by atoms with van der Waals surface area (Å²) in [7, 11) is 0. The highest BCUT2D eigenvalue weighted by atomic mass is 15.5. The van der Waals surface area contributed by atoms with Crippen LogP contribution in [-0.4, -0.2) is 21.7 Å². The second-order valence-electron chi connectivity index (χ2n) is 12.7. The summed E-state index contributed by atoms with van der Waals surface area (Å²) >= 11 is 0. The molecule has 2 aromatic carbocycles. The molecule has 0 saturated heterocycles. The summed E-state index contributed by atoms with van der Waals surface area (Å²) < 4.78 is 0. The van der Waals surface area contributed by atoms with Gasteiger partial charge in [0.1, 0.15) is 0 Å². The molecule has 5 heterocycles. The van der Waals surface area contributed by atoms with Gasteiger partial charge in [0.25, 0.3) is 0 Å². The van der Waals surface area contributed by atoms with Crippen molar-refractivity contribution in [1.29, 1.82) is 0 Å². The number of hydrogen-bond acceptors (Lipinski definition) is 8. The largest absolute Gasteiger partial charge is 0.289 e. The Balaban J connectivity index is 1.62. The SMILES string of the molecule is C=N/C=C(\C=C/C)N1/C(=C2/N(c3cccnc3)c3ccc(CCCC)cc3N2c2cccnc2)N(c2cccnc2)c2cc(CCCC)ccc21. The van der Waals surface area contributed by atoms with Gasteiger partial charge in [-0.2, -0.15) is 0 Å². The van der Waals surface area contributed by atoms with E-state index in [9.17, 15) is 0 Å². The number of fused-ring (bicyclic) bond motifs is 2. The van der Waals surface area contributed by atoms with Crippen LogP contribution < -0.4 is 19.6 Å². The number of aromatic nitrogens is 3. The number of benzene rings is 2. The van der Waals surface area contributed by atoms with E-state index in [1.165, 1.54) is 11.1 Å². The average Bonchev–Trinajstić information content (AvgIpc) is 3.69. The third kappa shape index (κ3) is 6.41. The van der Waals surface area contributed by atoms with Gasteiger partial charge in [0, 0.05) is 18.6 Å². The minimum absolute atomic E-state index is 0.876. The first-order valence-electron chi connectivity index (χ1n) is 17.9. The lowest BCUT2D eigenvalue weighted by Crippen LogP contribution is -2.34. The number of rotatable bonds is 12. The first-order chi connectivity index (χ1) is 25.2. The quantitative estimate of drug-likeness (QED) is 0.0965. The molecule has 2 aliphatic rings. The van der Waals surface area contributed by atoms with Crippen LogP contribution in [0.3, 0.4) is 0 Å². The Morgan fingerprint density at radius 3 is 1.61 bits per heavy atom. The summed E-state index contributed by atoms with van der Waals surface area (Å²) in [5.74, 6) is 1.84. The van der Waals surface area contributed by atoms with Crippen molar-refractivity contribution in [3.63, 3.8) is 0 Å². The van der Waals surface area contributed by atoms with E-state index in [1.807, 2.05) is 74.6 Å². The number of aryl methyl sites for hydroxylation is 2. The van der Waals surface area contributed by atoms with Gasteiger partial charge in [0.05, 0.1) is 70.3 Å². The molecule has 3 aromatic heterocycles. The number of unbranched alkanes of at least 4 members (excludes halogenated alkanes) is 2. The zero-order valence-corrected chi connectivity index (χ0v) is 29.7. The number of hydrogen-bond donors (Lipinski definition) is 0. The molecule has 7 rings (SSSR count). The highest BCUT2D eigenvalue weighted by molar-refractivity contribution is 5.99. The monoisotopic (exact) mass is 672 g/mol. The van der Waals surface area contributed by atoms with Gasteiger partial charge < -0.3 is 0 Å². The van der Waals surface area contributed by atoms with Gasteiger partial charge in [-0.15, -0.1) is 0 Å². The molecular formula is C43H44N8. The Morgan fingerprint density at radius 2 is 1.14 bits per heavy atom. The first kappa shape index (κ1) is 33.5. The van der Waals surface area contributed by atoms with Crippen molar-refractivity contribution in [3.05, 3.63) is 157 Å². The van der Waals surface area contributed by atoms with E-state index in [0.29, 0.717) is 0 Å². The maximum absolute atomic E-state index is 4.62. The smallest absolute Gasteiger partial charge is 0.166 e. The molecule has 0 saturated carbocycles. The second kappa shape index (κ2) is 15.3. The summed E-state index contributed by atoms with van der Waals surface area (Å²) in [6, 6.07) is 26.0. The van der Waals surface area contributed by atoms with Crippen LogP contribution in [0.1, 0.15) is 57.6 Å². The molecule has 8 heteroatoms. The zero-order valence-electron chi connectivity index (χ0n) is 29.7. The summed E-state index contributed by atoms with van der Waals surface area (Å²) in [4.78, 5) is 27.5. The molecule has 8 nitrogen and oxygen atoms in total. The van der Waals surface area contributed by atoms with Crippen LogP contribution in [0.4, 0.5) is 39.8 Å². The van der Waals surface area contributed by atoms with E-state index >= 15 is 0 Å². The summed E-state index contributed by atoms with van der Waals surface area (Å²) in [6.45, 7) is 10.4. The molecule has 51 heavy (non-hydrogen) atoms. The van der Waals surface area contributed by atoms with Crippen LogP contribution in [0.5, 0.6) is 0 Å². The molecule has 5 aromatic rings. The van der Waals surface area contributed by atoms with Crippen molar-refractivity contribution in [2.24, 2.45) is 4.99 Å². The third-order valence-corrected chi connectivity index (χ3v) is 9.26. The molecule has 0 spiro atoms. The van der Waals surface area contributed by atoms with E-state index in [-0.39, 0.29) is 0 Å². The number of allylic oxidation sites excluding steroid dienone is 2. The lowest BCUT2D eigenvalue weighted by Gasteiger charge is -2.34. The summed E-state index contributed by atoms with van der Waals surface area (Å²) in [6.07, 6.45) is 23.7. The van der Waals surface area contributed by atoms with Crippen molar-refractivity contribution >= 4 is 46.5 Å². The molecule has 0 unspecified atom stereocenters. The molecule has 256 valence electrons. The predicted molar refractivity (Wildman–Crippen MR) is 211 cm³/mol. The van der Waals surface area contributed by atoms with Crippen molar-refractivity contribution in [2.75, 3.05) is 19.6 Å². The van der Waals surface area contributed by atoms with Crippen molar-refractivity contribution in [3.8, 4) is 0 Å². The van der Waals surface area contributed by atoms with Crippen LogP contribution in [0.2, 0.25) is 0 Å². The molecule has 2 aliphatic heterocycles. The third-order valence-electron chi connectivity index (χ3n) is 9.26. The first-order valence-corrected chi connectivity index (χ1v) is 17.9. The van der Waals surface area contributed by atoms with Crippen molar-refractivity contribution in [1.82, 2.24) is 15.0 Å². The number of aliphatic imine (C=N–C) groups is 1. The van der Waals surface area contributed by atoms with Crippen molar-refractivity contribution < 1.29 is 0 Å². The highest BCUT2D eigenvalue weighted by Crippen LogP contribution is 2.56. The Hall–Kier alpha value is -6.02. The molecule has 0 amide bonds. The maximum atomic E-state index is 4.62. The Morgan fingerprint density at radius 1 is 0.647 bits per heavy atom. The fourth-order valence-electron chi connectivity index (χ4n) is 6.95. The number of nitrogens with zero attached hydrogens (tertiary/aromatic N) is 8. The fourth-order valence-corrected chi connectivity index (χ4v) is 6.95. The van der Waals surface area contributed by atoms with Crippen LogP contribution >= 0.6 is 0 Å². The van der Waals surface area contributed by atoms with Gasteiger partial charge in [0.15, 0.2) is 11.6 Å². The molecule has 0 N–H and O–H groups in total. The fraction of sp³-hybridized carbons (Fsp3) is 0.209. The second-order valence-corrected chi connectivity index (χ2v) is 12.7. The van der Waals surface area contributed by atoms with E-state index in [1.54, 1.807) is 0 Å². The van der Waals surface area contributed by atoms with Gasteiger partial charge in [-0.3, -0.25) is 39.5 Å². The molecule has 0 bridgehead atoms. The summed E-state index contributed by atoms with van der Waals surface area (Å²) in [5, 5.41) is 0. The zero-order chi connectivity index (χ0) is 35.2. The summed E-state index contributed by atoms with van der Waals surface area (Å²) in [5.41, 5.74) is 10.5. The topological polar surface area (TPSA) is 64.0 Å². The lowest BCUT2D eigenvalue weighted by atomic mass is 10.1. The molecule has 0 atom stereocenters. The van der Waals surface area contributed by atoms with Crippen LogP contribution in [-0.2, 0) is 12.8 Å². The van der Waals surface area contributed by atoms with E-state index in [2.05, 4.69) is 121 Å². The van der Waals surface area contributed by atoms with Gasteiger partial charge in [-0.1, -0.05) is 44.9 Å². The minimum Gasteiger partial charge on any atom is -0.289 e. The van der Waals surface area contributed by atoms with Crippen LogP contribution in [0, 0.1) is 0 Å². The molecule has 0 fully saturated rings. The Bertz CT molecular complexity index is 2070. The highest BCUT2D eigenvalue weighted by Gasteiger charge is 2.45. The van der Waals surface area contributed by atoms with Crippen LogP contribution in [0.15, 0.2) is 151 Å². The van der Waals surface area contributed by atoms with Crippen LogP contribution in [0.25, 0.3) is 0 Å². The average molecular weight is 673 g/mol. The lowest BCUT2D eigenvalue weighted by molar-refractivity contribution is 0.795. The van der Waals surface area contributed by atoms with E-state index < -0.39 is 0 Å². The van der Waals surface area contributed by atoms with Gasteiger partial charge in [-0.05, 0) is 117 Å². The van der Waals surface area contributed by atoms with E-state index in [0.717, 1.165) is 95.7 Å². The molecule has 0 aliphatic carbocycles. The number of pyridine rings is 3. The Kier molecular flexibility index (Phi) is 10.0. The van der Waals surface area contributed by atoms with Gasteiger partial charge in [-0.25, -0.2) is 0 Å². The molecular weight excluding hydrogens is 629 g/mol. The number of anilines is 7. The predicted octanol–water partition coefficient (Wildman–Crippen LogP) is 10.7. The normalized spacial score (nSPS) is 15.5. The van der Waals surface area contributed by atoms with Gasteiger partial charge in [0.2, 0.25) is 0 Å².